The maximum atomic E-state index is 5.96. The van der Waals surface area contributed by atoms with Crippen LogP contribution in [0.4, 0.5) is 0 Å². The van der Waals surface area contributed by atoms with Gasteiger partial charge in [-0.3, -0.25) is 4.57 Å². The van der Waals surface area contributed by atoms with E-state index in [9.17, 15) is 0 Å². The van der Waals surface area contributed by atoms with Crippen LogP contribution in [-0.4, -0.2) is 26.1 Å². The Labute approximate surface area is 135 Å². The topological polar surface area (TPSA) is 52.8 Å². The lowest BCUT2D eigenvalue weighted by atomic mass is 10.2. The quantitative estimate of drug-likeness (QED) is 0.722. The molecule has 3 aromatic rings. The van der Waals surface area contributed by atoms with E-state index < -0.39 is 0 Å². The minimum atomic E-state index is 0.0340. The molecule has 1 aliphatic rings. The Kier molecular flexibility index (Phi) is 3.58. The summed E-state index contributed by atoms with van der Waals surface area (Å²) in [6.45, 7) is 4.82. The Morgan fingerprint density at radius 2 is 1.87 bits per heavy atom. The zero-order chi connectivity index (χ0) is 15.8. The number of nitrogens with zero attached hydrogens (tertiary/aromatic N) is 4. The highest BCUT2D eigenvalue weighted by atomic mass is 16.5. The van der Waals surface area contributed by atoms with Crippen LogP contribution < -0.4 is 0 Å². The first-order valence-corrected chi connectivity index (χ1v) is 8.14. The standard InChI is InChI=1S/C18H20N4O/c1-12-16-18(21-17(19-12)14-8-4-3-5-9-14)22(13(2)20-16)15-10-6-7-11-23-15/h3-5,8-9,15H,6-7,10-11H2,1-2H3. The highest BCUT2D eigenvalue weighted by molar-refractivity contribution is 5.77. The van der Waals surface area contributed by atoms with Gasteiger partial charge < -0.3 is 4.74 Å². The van der Waals surface area contributed by atoms with E-state index in [0.29, 0.717) is 0 Å². The van der Waals surface area contributed by atoms with Crippen LogP contribution in [0.15, 0.2) is 30.3 Å². The lowest BCUT2D eigenvalue weighted by Gasteiger charge is -2.25. The maximum Gasteiger partial charge on any atom is 0.166 e. The fourth-order valence-corrected chi connectivity index (χ4v) is 3.21. The highest BCUT2D eigenvalue weighted by Gasteiger charge is 2.23. The van der Waals surface area contributed by atoms with E-state index in [2.05, 4.69) is 14.5 Å². The zero-order valence-electron chi connectivity index (χ0n) is 13.5. The van der Waals surface area contributed by atoms with Crippen molar-refractivity contribution in [1.82, 2.24) is 19.5 Å². The second-order valence-corrected chi connectivity index (χ2v) is 6.02. The van der Waals surface area contributed by atoms with Gasteiger partial charge in [0, 0.05) is 12.2 Å². The molecule has 0 saturated carbocycles. The molecule has 118 valence electrons. The van der Waals surface area contributed by atoms with Crippen LogP contribution in [0.2, 0.25) is 0 Å². The normalized spacial score (nSPS) is 18.4. The number of rotatable bonds is 2. The molecular weight excluding hydrogens is 288 g/mol. The Hall–Kier alpha value is -2.27. The molecule has 1 unspecified atom stereocenters. The predicted octanol–water partition coefficient (Wildman–Crippen LogP) is 3.81. The molecule has 23 heavy (non-hydrogen) atoms. The summed E-state index contributed by atoms with van der Waals surface area (Å²) in [5.74, 6) is 1.68. The van der Waals surface area contributed by atoms with Crippen LogP contribution in [0.3, 0.4) is 0 Å². The summed E-state index contributed by atoms with van der Waals surface area (Å²) in [6, 6.07) is 10.1. The number of aromatic nitrogens is 4. The first kappa shape index (κ1) is 14.3. The van der Waals surface area contributed by atoms with Gasteiger partial charge >= 0.3 is 0 Å². The fraction of sp³-hybridized carbons (Fsp3) is 0.389. The molecule has 0 aliphatic carbocycles. The molecule has 1 fully saturated rings. The Morgan fingerprint density at radius 1 is 1.04 bits per heavy atom. The minimum absolute atomic E-state index is 0.0340. The molecule has 0 radical (unpaired) electrons. The Balaban J connectivity index is 1.90. The van der Waals surface area contributed by atoms with E-state index >= 15 is 0 Å². The van der Waals surface area contributed by atoms with Crippen molar-refractivity contribution in [1.29, 1.82) is 0 Å². The third-order valence-electron chi connectivity index (χ3n) is 4.37. The van der Waals surface area contributed by atoms with E-state index in [0.717, 1.165) is 53.5 Å². The van der Waals surface area contributed by atoms with E-state index in [-0.39, 0.29) is 6.23 Å². The van der Waals surface area contributed by atoms with Gasteiger partial charge in [0.25, 0.3) is 0 Å². The van der Waals surface area contributed by atoms with Crippen molar-refractivity contribution >= 4 is 11.2 Å². The third-order valence-corrected chi connectivity index (χ3v) is 4.37. The first-order valence-electron chi connectivity index (χ1n) is 8.14. The first-order chi connectivity index (χ1) is 11.2. The Morgan fingerprint density at radius 3 is 2.61 bits per heavy atom. The van der Waals surface area contributed by atoms with Crippen molar-refractivity contribution in [2.75, 3.05) is 6.61 Å². The van der Waals surface area contributed by atoms with Crippen molar-refractivity contribution in [3.63, 3.8) is 0 Å². The summed E-state index contributed by atoms with van der Waals surface area (Å²) in [5, 5.41) is 0. The number of hydrogen-bond donors (Lipinski definition) is 0. The molecule has 0 spiro atoms. The summed E-state index contributed by atoms with van der Waals surface area (Å²) < 4.78 is 8.09. The molecule has 2 aromatic heterocycles. The van der Waals surface area contributed by atoms with Crippen molar-refractivity contribution in [2.24, 2.45) is 0 Å². The smallest absolute Gasteiger partial charge is 0.166 e. The van der Waals surface area contributed by atoms with Crippen LogP contribution in [0.25, 0.3) is 22.6 Å². The summed E-state index contributed by atoms with van der Waals surface area (Å²) in [7, 11) is 0. The van der Waals surface area contributed by atoms with Crippen LogP contribution in [0, 0.1) is 13.8 Å². The summed E-state index contributed by atoms with van der Waals surface area (Å²) >= 11 is 0. The maximum absolute atomic E-state index is 5.96. The molecule has 0 N–H and O–H groups in total. The highest BCUT2D eigenvalue weighted by Crippen LogP contribution is 2.29. The molecule has 0 amide bonds. The number of aryl methyl sites for hydroxylation is 2. The van der Waals surface area contributed by atoms with Gasteiger partial charge in [-0.05, 0) is 33.1 Å². The van der Waals surface area contributed by atoms with Gasteiger partial charge in [0.1, 0.15) is 17.6 Å². The number of benzene rings is 1. The molecule has 5 nitrogen and oxygen atoms in total. The molecule has 5 heteroatoms. The minimum Gasteiger partial charge on any atom is -0.358 e. The molecular formula is C18H20N4O. The third kappa shape index (κ3) is 2.51. The molecule has 1 aromatic carbocycles. The SMILES string of the molecule is Cc1nc(-c2ccccc2)nc2c1nc(C)n2C1CCCCO1. The molecule has 4 rings (SSSR count). The van der Waals surface area contributed by atoms with Crippen molar-refractivity contribution in [3.05, 3.63) is 41.9 Å². The monoisotopic (exact) mass is 308 g/mol. The number of ether oxygens (including phenoxy) is 1. The Bertz CT molecular complexity index is 835. The van der Waals surface area contributed by atoms with Crippen LogP contribution in [0.1, 0.15) is 37.0 Å². The summed E-state index contributed by atoms with van der Waals surface area (Å²) in [6.07, 6.45) is 3.35. The van der Waals surface area contributed by atoms with Gasteiger partial charge in [-0.1, -0.05) is 30.3 Å². The summed E-state index contributed by atoms with van der Waals surface area (Å²) in [4.78, 5) is 14.1. The van der Waals surface area contributed by atoms with E-state index in [1.165, 1.54) is 6.42 Å². The predicted molar refractivity (Wildman–Crippen MR) is 89.1 cm³/mol. The zero-order valence-corrected chi connectivity index (χ0v) is 13.5. The molecule has 1 atom stereocenters. The molecule has 3 heterocycles. The van der Waals surface area contributed by atoms with Crippen molar-refractivity contribution in [2.45, 2.75) is 39.3 Å². The van der Waals surface area contributed by atoms with Gasteiger partial charge in [0.2, 0.25) is 0 Å². The van der Waals surface area contributed by atoms with Gasteiger partial charge in [-0.2, -0.15) is 0 Å². The van der Waals surface area contributed by atoms with E-state index in [1.54, 1.807) is 0 Å². The molecule has 1 saturated heterocycles. The molecule has 1 aliphatic heterocycles. The average molecular weight is 308 g/mol. The van der Waals surface area contributed by atoms with Crippen LogP contribution in [-0.2, 0) is 4.74 Å². The van der Waals surface area contributed by atoms with Crippen molar-refractivity contribution in [3.8, 4) is 11.4 Å². The van der Waals surface area contributed by atoms with Crippen molar-refractivity contribution < 1.29 is 4.74 Å². The molecule has 0 bridgehead atoms. The van der Waals surface area contributed by atoms with Gasteiger partial charge in [0.05, 0.1) is 5.69 Å². The van der Waals surface area contributed by atoms with Crippen LogP contribution >= 0.6 is 0 Å². The average Bonchev–Trinajstić information content (AvgIpc) is 2.93. The van der Waals surface area contributed by atoms with Gasteiger partial charge in [0.15, 0.2) is 11.5 Å². The number of hydrogen-bond acceptors (Lipinski definition) is 4. The number of fused-ring (bicyclic) bond motifs is 1. The second kappa shape index (κ2) is 5.74. The van der Waals surface area contributed by atoms with Gasteiger partial charge in [-0.15, -0.1) is 0 Å². The van der Waals surface area contributed by atoms with E-state index in [4.69, 9.17) is 9.72 Å². The lowest BCUT2D eigenvalue weighted by Crippen LogP contribution is -2.19. The van der Waals surface area contributed by atoms with E-state index in [1.807, 2.05) is 44.2 Å². The lowest BCUT2D eigenvalue weighted by molar-refractivity contribution is -0.0309. The second-order valence-electron chi connectivity index (χ2n) is 6.02. The largest absolute Gasteiger partial charge is 0.358 e. The summed E-state index contributed by atoms with van der Waals surface area (Å²) in [5.41, 5.74) is 3.68. The van der Waals surface area contributed by atoms with Gasteiger partial charge in [-0.25, -0.2) is 15.0 Å². The van der Waals surface area contributed by atoms with Crippen LogP contribution in [0.5, 0.6) is 0 Å². The number of imidazole rings is 1. The fourth-order valence-electron chi connectivity index (χ4n) is 3.21.